The normalized spacial score (nSPS) is 15.4. The molecular weight excluding hydrogens is 418 g/mol. The lowest BCUT2D eigenvalue weighted by molar-refractivity contribution is -0.135. The number of hydrogen-bond acceptors (Lipinski definition) is 9. The van der Waals surface area contributed by atoms with E-state index in [-0.39, 0.29) is 34.5 Å². The molecule has 32 heavy (non-hydrogen) atoms. The fraction of sp³-hybridized carbons (Fsp3) is 0.0870. The van der Waals surface area contributed by atoms with Crippen LogP contribution in [0.5, 0.6) is 28.7 Å². The number of carbonyl (C=O) groups is 1. The zero-order valence-electron chi connectivity index (χ0n) is 16.3. The minimum Gasteiger partial charge on any atom is -0.507 e. The molecule has 9 nitrogen and oxygen atoms in total. The summed E-state index contributed by atoms with van der Waals surface area (Å²) in [6.07, 6.45) is 3.07. The van der Waals surface area contributed by atoms with Crippen molar-refractivity contribution in [2.45, 2.75) is 12.3 Å². The summed E-state index contributed by atoms with van der Waals surface area (Å²) in [5.41, 5.74) is 0.204. The Kier molecular flexibility index (Phi) is 4.26. The van der Waals surface area contributed by atoms with Crippen molar-refractivity contribution in [2.24, 2.45) is 0 Å². The number of rotatable bonds is 2. The first-order chi connectivity index (χ1) is 15.3. The number of esters is 1. The van der Waals surface area contributed by atoms with Gasteiger partial charge in [-0.15, -0.1) is 0 Å². The zero-order chi connectivity index (χ0) is 22.6. The SMILES string of the molecule is O=C1C[C@@H](c2ccncc2)c2c(cc(O)c3c(=O)c(O)c(-c4ccc(O)c(O)c4)oc23)O1. The van der Waals surface area contributed by atoms with Crippen LogP contribution in [0, 0.1) is 0 Å². The quantitative estimate of drug-likeness (QED) is 0.212. The number of ether oxygens (including phenoxy) is 1. The van der Waals surface area contributed by atoms with Crippen LogP contribution in [0.4, 0.5) is 0 Å². The first-order valence-corrected chi connectivity index (χ1v) is 9.53. The maximum absolute atomic E-state index is 13.0. The van der Waals surface area contributed by atoms with Crippen molar-refractivity contribution in [1.82, 2.24) is 4.98 Å². The highest BCUT2D eigenvalue weighted by Gasteiger charge is 2.34. The second-order valence-corrected chi connectivity index (χ2v) is 7.34. The van der Waals surface area contributed by atoms with Crippen LogP contribution in [0.3, 0.4) is 0 Å². The number of phenols is 3. The van der Waals surface area contributed by atoms with Crippen LogP contribution < -0.4 is 10.2 Å². The molecule has 9 heteroatoms. The van der Waals surface area contributed by atoms with E-state index >= 15 is 0 Å². The molecule has 0 spiro atoms. The van der Waals surface area contributed by atoms with Gasteiger partial charge in [-0.25, -0.2) is 0 Å². The lowest BCUT2D eigenvalue weighted by Gasteiger charge is -2.26. The maximum atomic E-state index is 13.0. The van der Waals surface area contributed by atoms with E-state index in [0.717, 1.165) is 12.1 Å². The molecule has 0 saturated carbocycles. The molecule has 3 heterocycles. The minimum atomic E-state index is -0.903. The third-order valence-corrected chi connectivity index (χ3v) is 5.41. The molecule has 0 fully saturated rings. The Balaban J connectivity index is 1.87. The van der Waals surface area contributed by atoms with E-state index in [1.165, 1.54) is 12.1 Å². The van der Waals surface area contributed by atoms with Crippen molar-refractivity contribution in [1.29, 1.82) is 0 Å². The summed E-state index contributed by atoms with van der Waals surface area (Å²) < 4.78 is 11.2. The Hall–Kier alpha value is -4.53. The van der Waals surface area contributed by atoms with Gasteiger partial charge in [-0.3, -0.25) is 14.6 Å². The molecule has 0 amide bonds. The number of nitrogens with zero attached hydrogens (tertiary/aromatic N) is 1. The van der Waals surface area contributed by atoms with Gasteiger partial charge in [0.1, 0.15) is 22.5 Å². The smallest absolute Gasteiger partial charge is 0.312 e. The molecule has 0 radical (unpaired) electrons. The molecule has 0 saturated heterocycles. The summed E-state index contributed by atoms with van der Waals surface area (Å²) in [6, 6.07) is 8.20. The van der Waals surface area contributed by atoms with Gasteiger partial charge in [-0.05, 0) is 35.9 Å². The number of benzene rings is 2. The fourth-order valence-electron chi connectivity index (χ4n) is 3.92. The Bertz CT molecular complexity index is 1460. The standard InChI is InChI=1S/C23H15NO8/c25-13-2-1-11(7-14(13)26)22-21(30)20(29)19-15(27)9-16-18(23(19)32-22)12(8-17(28)31-16)10-3-5-24-6-4-10/h1-7,9,12,25-27,30H,8H2/t12-/m0/s1. The van der Waals surface area contributed by atoms with Gasteiger partial charge < -0.3 is 29.6 Å². The number of fused-ring (bicyclic) bond motifs is 3. The van der Waals surface area contributed by atoms with Crippen LogP contribution >= 0.6 is 0 Å². The van der Waals surface area contributed by atoms with Crippen molar-refractivity contribution >= 4 is 16.9 Å². The predicted molar refractivity (Wildman–Crippen MR) is 111 cm³/mol. The molecule has 4 aromatic rings. The monoisotopic (exact) mass is 433 g/mol. The molecule has 1 aliphatic heterocycles. The lowest BCUT2D eigenvalue weighted by atomic mass is 9.85. The van der Waals surface area contributed by atoms with E-state index in [4.69, 9.17) is 9.15 Å². The molecule has 2 aromatic carbocycles. The van der Waals surface area contributed by atoms with E-state index in [0.29, 0.717) is 11.1 Å². The predicted octanol–water partition coefficient (Wildman–Crippen LogP) is 3.12. The summed E-state index contributed by atoms with van der Waals surface area (Å²) in [5.74, 6) is -3.52. The van der Waals surface area contributed by atoms with Crippen LogP contribution in [0.15, 0.2) is 58.0 Å². The van der Waals surface area contributed by atoms with Gasteiger partial charge in [0.2, 0.25) is 11.2 Å². The van der Waals surface area contributed by atoms with E-state index in [1.54, 1.807) is 24.5 Å². The van der Waals surface area contributed by atoms with Gasteiger partial charge in [-0.1, -0.05) is 0 Å². The summed E-state index contributed by atoms with van der Waals surface area (Å²) >= 11 is 0. The van der Waals surface area contributed by atoms with Gasteiger partial charge in [-0.2, -0.15) is 0 Å². The lowest BCUT2D eigenvalue weighted by Crippen LogP contribution is -2.22. The van der Waals surface area contributed by atoms with Crippen LogP contribution in [0.25, 0.3) is 22.3 Å². The summed E-state index contributed by atoms with van der Waals surface area (Å²) in [7, 11) is 0. The number of pyridine rings is 1. The number of phenolic OH excluding ortho intramolecular Hbond substituents is 3. The second-order valence-electron chi connectivity index (χ2n) is 7.34. The number of aromatic nitrogens is 1. The van der Waals surface area contributed by atoms with Crippen LogP contribution in [-0.2, 0) is 4.79 Å². The topological polar surface area (TPSA) is 150 Å². The van der Waals surface area contributed by atoms with E-state index in [2.05, 4.69) is 4.98 Å². The second kappa shape index (κ2) is 7.02. The minimum absolute atomic E-state index is 0.0291. The first kappa shape index (κ1) is 19.4. The van der Waals surface area contributed by atoms with Crippen molar-refractivity contribution in [3.05, 3.63) is 70.1 Å². The van der Waals surface area contributed by atoms with E-state index in [9.17, 15) is 30.0 Å². The molecule has 0 unspecified atom stereocenters. The number of aromatic hydroxyl groups is 4. The average molecular weight is 433 g/mol. The van der Waals surface area contributed by atoms with Crippen LogP contribution in [0.2, 0.25) is 0 Å². The van der Waals surface area contributed by atoms with E-state index in [1.807, 2.05) is 0 Å². The summed E-state index contributed by atoms with van der Waals surface area (Å²) in [4.78, 5) is 29.2. The molecule has 160 valence electrons. The van der Waals surface area contributed by atoms with Gasteiger partial charge in [0, 0.05) is 35.5 Å². The largest absolute Gasteiger partial charge is 0.507 e. The Morgan fingerprint density at radius 2 is 1.66 bits per heavy atom. The molecule has 0 bridgehead atoms. The highest BCUT2D eigenvalue weighted by molar-refractivity contribution is 5.94. The molecule has 1 aliphatic rings. The molecule has 5 rings (SSSR count). The van der Waals surface area contributed by atoms with Crippen molar-refractivity contribution in [3.63, 3.8) is 0 Å². The average Bonchev–Trinajstić information content (AvgIpc) is 2.77. The zero-order valence-corrected chi connectivity index (χ0v) is 16.3. The highest BCUT2D eigenvalue weighted by atomic mass is 16.5. The Morgan fingerprint density at radius 1 is 0.906 bits per heavy atom. The molecular formula is C23H15NO8. The molecule has 2 aromatic heterocycles. The number of hydrogen-bond donors (Lipinski definition) is 4. The van der Waals surface area contributed by atoms with Crippen LogP contribution in [-0.4, -0.2) is 31.4 Å². The fourth-order valence-corrected chi connectivity index (χ4v) is 3.92. The summed E-state index contributed by atoms with van der Waals surface area (Å²) in [6.45, 7) is 0. The van der Waals surface area contributed by atoms with Gasteiger partial charge in [0.15, 0.2) is 17.3 Å². The van der Waals surface area contributed by atoms with Gasteiger partial charge in [0.25, 0.3) is 0 Å². The molecule has 1 atom stereocenters. The third-order valence-electron chi connectivity index (χ3n) is 5.41. The summed E-state index contributed by atoms with van der Waals surface area (Å²) in [5, 5.41) is 40.1. The first-order valence-electron chi connectivity index (χ1n) is 9.53. The van der Waals surface area contributed by atoms with Crippen molar-refractivity contribution in [3.8, 4) is 40.1 Å². The third kappa shape index (κ3) is 2.90. The van der Waals surface area contributed by atoms with Gasteiger partial charge >= 0.3 is 5.97 Å². The van der Waals surface area contributed by atoms with Crippen LogP contribution in [0.1, 0.15) is 23.5 Å². The maximum Gasteiger partial charge on any atom is 0.312 e. The number of carbonyl (C=O) groups excluding carboxylic acids is 1. The van der Waals surface area contributed by atoms with Gasteiger partial charge in [0.05, 0.1) is 6.42 Å². The Morgan fingerprint density at radius 3 is 2.38 bits per heavy atom. The molecule has 0 aliphatic carbocycles. The van der Waals surface area contributed by atoms with E-state index < -0.39 is 40.3 Å². The van der Waals surface area contributed by atoms with Crippen molar-refractivity contribution < 1.29 is 34.4 Å². The molecule has 4 N–H and O–H groups in total. The highest BCUT2D eigenvalue weighted by Crippen LogP contribution is 2.47. The van der Waals surface area contributed by atoms with Crippen molar-refractivity contribution in [2.75, 3.05) is 0 Å². The Labute approximate surface area is 179 Å².